The van der Waals surface area contributed by atoms with Gasteiger partial charge in [0.25, 0.3) is 5.91 Å². The number of halogens is 1. The van der Waals surface area contributed by atoms with Crippen LogP contribution in [0.15, 0.2) is 73.2 Å². The number of carbonyl (C=O) groups excluding carboxylic acids is 1. The van der Waals surface area contributed by atoms with Gasteiger partial charge in [0.2, 0.25) is 0 Å². The lowest BCUT2D eigenvalue weighted by Gasteiger charge is -2.36. The zero-order valence-electron chi connectivity index (χ0n) is 22.1. The summed E-state index contributed by atoms with van der Waals surface area (Å²) >= 11 is 0. The molecule has 1 aliphatic rings. The van der Waals surface area contributed by atoms with Crippen molar-refractivity contribution in [1.29, 1.82) is 0 Å². The second-order valence-electron chi connectivity index (χ2n) is 10.4. The van der Waals surface area contributed by atoms with E-state index >= 15 is 0 Å². The topological polar surface area (TPSA) is 41.4 Å². The number of pyridine rings is 1. The Kier molecular flexibility index (Phi) is 7.11. The summed E-state index contributed by atoms with van der Waals surface area (Å²) in [7, 11) is 1.76. The van der Waals surface area contributed by atoms with Crippen LogP contribution >= 0.6 is 0 Å². The van der Waals surface area contributed by atoms with E-state index in [0.29, 0.717) is 23.2 Å². The number of hydrogen-bond donors (Lipinski definition) is 0. The largest absolute Gasteiger partial charge is 0.339 e. The first-order valence-corrected chi connectivity index (χ1v) is 13.2. The third-order valence-electron chi connectivity index (χ3n) is 7.98. The van der Waals surface area contributed by atoms with Gasteiger partial charge < -0.3 is 9.47 Å². The zero-order chi connectivity index (χ0) is 26.1. The zero-order valence-corrected chi connectivity index (χ0v) is 22.1. The summed E-state index contributed by atoms with van der Waals surface area (Å²) in [5.41, 5.74) is 4.59. The molecular formula is C31H35FN4O. The quantitative estimate of drug-likeness (QED) is 0.301. The molecule has 1 amide bonds. The number of piperidine rings is 1. The Morgan fingerprint density at radius 2 is 1.78 bits per heavy atom. The van der Waals surface area contributed by atoms with Crippen LogP contribution in [0.2, 0.25) is 0 Å². The second kappa shape index (κ2) is 10.5. The summed E-state index contributed by atoms with van der Waals surface area (Å²) in [6, 6.07) is 17.6. The monoisotopic (exact) mass is 498 g/mol. The fourth-order valence-electron chi connectivity index (χ4n) is 5.48. The van der Waals surface area contributed by atoms with E-state index in [0.717, 1.165) is 36.8 Å². The standard InChI is InChI=1S/C31H35FN4O/c1-21(2)34(4)31(37)27-18-25(32)10-11-29(27)36-20-28(26-12-15-33-19-30(26)36)24-13-16-35(17-14-24)22(3)23-8-6-5-7-9-23/h5-12,15,18-22,24H,13-14,16-17H2,1-4H3. The van der Waals surface area contributed by atoms with E-state index in [1.165, 1.54) is 23.3 Å². The maximum Gasteiger partial charge on any atom is 0.256 e. The first kappa shape index (κ1) is 25.2. The van der Waals surface area contributed by atoms with Crippen molar-refractivity contribution in [2.24, 2.45) is 0 Å². The van der Waals surface area contributed by atoms with Crippen LogP contribution < -0.4 is 0 Å². The summed E-state index contributed by atoms with van der Waals surface area (Å²) < 4.78 is 16.4. The van der Waals surface area contributed by atoms with Gasteiger partial charge in [-0.2, -0.15) is 0 Å². The molecule has 1 atom stereocenters. The first-order chi connectivity index (χ1) is 17.8. The van der Waals surface area contributed by atoms with E-state index in [-0.39, 0.29) is 11.9 Å². The molecule has 3 heterocycles. The number of amides is 1. The highest BCUT2D eigenvalue weighted by Gasteiger charge is 2.28. The van der Waals surface area contributed by atoms with Crippen molar-refractivity contribution in [2.45, 2.75) is 51.6 Å². The Balaban J connectivity index is 1.48. The number of likely N-dealkylation sites (tertiary alicyclic amines) is 1. The van der Waals surface area contributed by atoms with Crippen LogP contribution in [-0.4, -0.2) is 51.4 Å². The summed E-state index contributed by atoms with van der Waals surface area (Å²) in [5.74, 6) is -0.206. The highest BCUT2D eigenvalue weighted by molar-refractivity contribution is 5.99. The summed E-state index contributed by atoms with van der Waals surface area (Å²) in [6.07, 6.45) is 7.93. The average molecular weight is 499 g/mol. The molecule has 2 aromatic carbocycles. The lowest BCUT2D eigenvalue weighted by molar-refractivity contribution is 0.0754. The number of benzene rings is 2. The second-order valence-corrected chi connectivity index (χ2v) is 10.4. The average Bonchev–Trinajstić information content (AvgIpc) is 3.32. The normalized spacial score (nSPS) is 15.8. The molecule has 0 bridgehead atoms. The van der Waals surface area contributed by atoms with Crippen molar-refractivity contribution in [3.05, 3.63) is 95.7 Å². The summed E-state index contributed by atoms with van der Waals surface area (Å²) in [6.45, 7) is 8.24. The third kappa shape index (κ3) is 4.90. The summed E-state index contributed by atoms with van der Waals surface area (Å²) in [5, 5.41) is 1.14. The molecule has 0 radical (unpaired) electrons. The van der Waals surface area contributed by atoms with Gasteiger partial charge in [-0.15, -0.1) is 0 Å². The van der Waals surface area contributed by atoms with E-state index in [2.05, 4.69) is 59.4 Å². The minimum absolute atomic E-state index is 0.00529. The van der Waals surface area contributed by atoms with Gasteiger partial charge in [-0.05, 0) is 88.0 Å². The van der Waals surface area contributed by atoms with Gasteiger partial charge in [-0.3, -0.25) is 14.7 Å². The van der Waals surface area contributed by atoms with E-state index in [1.807, 2.05) is 30.8 Å². The predicted octanol–water partition coefficient (Wildman–Crippen LogP) is 6.59. The van der Waals surface area contributed by atoms with Crippen LogP contribution in [0.4, 0.5) is 4.39 Å². The van der Waals surface area contributed by atoms with E-state index in [1.54, 1.807) is 18.0 Å². The van der Waals surface area contributed by atoms with Crippen molar-refractivity contribution in [3.63, 3.8) is 0 Å². The number of aromatic nitrogens is 2. The van der Waals surface area contributed by atoms with Gasteiger partial charge in [0.15, 0.2) is 0 Å². The number of carbonyl (C=O) groups is 1. The van der Waals surface area contributed by atoms with E-state index in [4.69, 9.17) is 0 Å². The molecule has 2 aromatic heterocycles. The molecule has 5 nitrogen and oxygen atoms in total. The van der Waals surface area contributed by atoms with Crippen LogP contribution in [0.25, 0.3) is 16.6 Å². The Hall–Kier alpha value is -3.51. The van der Waals surface area contributed by atoms with Crippen LogP contribution in [0.5, 0.6) is 0 Å². The van der Waals surface area contributed by atoms with Gasteiger partial charge in [0, 0.05) is 36.9 Å². The van der Waals surface area contributed by atoms with Crippen molar-refractivity contribution < 1.29 is 9.18 Å². The Morgan fingerprint density at radius 1 is 1.05 bits per heavy atom. The molecule has 0 aliphatic carbocycles. The lowest BCUT2D eigenvalue weighted by Crippen LogP contribution is -2.35. The van der Waals surface area contributed by atoms with Crippen molar-refractivity contribution in [1.82, 2.24) is 19.4 Å². The van der Waals surface area contributed by atoms with Crippen LogP contribution in [-0.2, 0) is 0 Å². The molecule has 6 heteroatoms. The van der Waals surface area contributed by atoms with Crippen molar-refractivity contribution in [3.8, 4) is 5.69 Å². The highest BCUT2D eigenvalue weighted by atomic mass is 19.1. The minimum Gasteiger partial charge on any atom is -0.339 e. The minimum atomic E-state index is -0.418. The Labute approximate surface area is 218 Å². The van der Waals surface area contributed by atoms with Gasteiger partial charge in [-0.25, -0.2) is 4.39 Å². The Bertz CT molecular complexity index is 1390. The summed E-state index contributed by atoms with van der Waals surface area (Å²) in [4.78, 5) is 21.9. The van der Waals surface area contributed by atoms with Crippen LogP contribution in [0.3, 0.4) is 0 Å². The molecule has 5 rings (SSSR count). The first-order valence-electron chi connectivity index (χ1n) is 13.2. The molecule has 0 spiro atoms. The maximum absolute atomic E-state index is 14.3. The van der Waals surface area contributed by atoms with Gasteiger partial charge >= 0.3 is 0 Å². The molecule has 1 aliphatic heterocycles. The van der Waals surface area contributed by atoms with Gasteiger partial charge in [-0.1, -0.05) is 30.3 Å². The third-order valence-corrected chi connectivity index (χ3v) is 7.98. The van der Waals surface area contributed by atoms with Crippen molar-refractivity contribution in [2.75, 3.05) is 20.1 Å². The molecule has 4 aromatic rings. The van der Waals surface area contributed by atoms with Gasteiger partial charge in [0.1, 0.15) is 5.82 Å². The highest BCUT2D eigenvalue weighted by Crippen LogP contribution is 2.38. The molecule has 1 unspecified atom stereocenters. The fourth-order valence-corrected chi connectivity index (χ4v) is 5.48. The number of hydrogen-bond acceptors (Lipinski definition) is 3. The fraction of sp³-hybridized carbons (Fsp3) is 0.355. The lowest BCUT2D eigenvalue weighted by atomic mass is 9.88. The number of rotatable bonds is 6. The molecule has 0 N–H and O–H groups in total. The Morgan fingerprint density at radius 3 is 2.49 bits per heavy atom. The molecule has 1 saturated heterocycles. The number of fused-ring (bicyclic) bond motifs is 1. The molecule has 37 heavy (non-hydrogen) atoms. The molecule has 1 fully saturated rings. The molecular weight excluding hydrogens is 463 g/mol. The van der Waals surface area contributed by atoms with E-state index < -0.39 is 5.82 Å². The molecule has 0 saturated carbocycles. The SMILES string of the molecule is CC(c1ccccc1)N1CCC(c2cn(-c3ccc(F)cc3C(=O)N(C)C(C)C)c3cnccc23)CC1. The van der Waals surface area contributed by atoms with E-state index in [9.17, 15) is 9.18 Å². The molecule has 192 valence electrons. The van der Waals surface area contributed by atoms with Gasteiger partial charge in [0.05, 0.1) is 23.0 Å². The smallest absolute Gasteiger partial charge is 0.256 e. The maximum atomic E-state index is 14.3. The van der Waals surface area contributed by atoms with Crippen LogP contribution in [0, 0.1) is 5.82 Å². The van der Waals surface area contributed by atoms with Crippen molar-refractivity contribution >= 4 is 16.8 Å². The van der Waals surface area contributed by atoms with Crippen LogP contribution in [0.1, 0.15) is 67.1 Å². The predicted molar refractivity (Wildman–Crippen MR) is 147 cm³/mol. The number of nitrogens with zero attached hydrogens (tertiary/aromatic N) is 4.